The van der Waals surface area contributed by atoms with E-state index in [0.717, 1.165) is 23.5 Å². The Bertz CT molecular complexity index is 524. The lowest BCUT2D eigenvalue weighted by Crippen LogP contribution is -2.24. The van der Waals surface area contributed by atoms with Crippen molar-refractivity contribution in [3.63, 3.8) is 0 Å². The minimum atomic E-state index is 0.207. The molecular formula is C14H19N3S. The monoisotopic (exact) mass is 261 g/mol. The molecule has 0 aliphatic heterocycles. The van der Waals surface area contributed by atoms with Crippen molar-refractivity contribution in [2.45, 2.75) is 44.6 Å². The second-order valence-corrected chi connectivity index (χ2v) is 5.97. The first-order valence-corrected chi connectivity index (χ1v) is 7.54. The predicted octanol–water partition coefficient (Wildman–Crippen LogP) is 3.16. The zero-order valence-corrected chi connectivity index (χ0v) is 11.3. The molecule has 2 heterocycles. The third-order valence-corrected chi connectivity index (χ3v) is 4.29. The van der Waals surface area contributed by atoms with Crippen LogP contribution in [0.15, 0.2) is 29.4 Å². The third-order valence-electron chi connectivity index (χ3n) is 3.52. The van der Waals surface area contributed by atoms with Gasteiger partial charge in [0.25, 0.3) is 0 Å². The van der Waals surface area contributed by atoms with Crippen molar-refractivity contribution in [2.24, 2.45) is 5.73 Å². The van der Waals surface area contributed by atoms with Gasteiger partial charge in [-0.15, -0.1) is 11.3 Å². The predicted molar refractivity (Wildman–Crippen MR) is 75.9 cm³/mol. The van der Waals surface area contributed by atoms with Gasteiger partial charge < -0.3 is 5.73 Å². The first-order valence-electron chi connectivity index (χ1n) is 6.66. The molecule has 96 valence electrons. The molecule has 2 N–H and O–H groups in total. The lowest BCUT2D eigenvalue weighted by molar-refractivity contribution is 0.602. The van der Waals surface area contributed by atoms with Crippen LogP contribution in [0.2, 0.25) is 0 Å². The summed E-state index contributed by atoms with van der Waals surface area (Å²) >= 11 is 1.67. The van der Waals surface area contributed by atoms with Crippen LogP contribution in [0.25, 0.3) is 4.96 Å². The number of allylic oxidation sites excluding steroid dienone is 1. The molecule has 1 aliphatic carbocycles. The number of nitrogens with zero attached hydrogens (tertiary/aromatic N) is 2. The Kier molecular flexibility index (Phi) is 3.48. The van der Waals surface area contributed by atoms with E-state index < -0.39 is 0 Å². The van der Waals surface area contributed by atoms with E-state index in [4.69, 9.17) is 5.73 Å². The van der Waals surface area contributed by atoms with Gasteiger partial charge in [-0.1, -0.05) is 11.6 Å². The average Bonchev–Trinajstić information content (AvgIpc) is 2.90. The molecule has 0 aromatic carbocycles. The molecular weight excluding hydrogens is 242 g/mol. The van der Waals surface area contributed by atoms with E-state index in [1.807, 2.05) is 6.20 Å². The fourth-order valence-corrected chi connectivity index (χ4v) is 3.36. The second-order valence-electron chi connectivity index (χ2n) is 5.10. The van der Waals surface area contributed by atoms with E-state index in [-0.39, 0.29) is 6.04 Å². The van der Waals surface area contributed by atoms with Crippen LogP contribution in [-0.2, 0) is 6.42 Å². The topological polar surface area (TPSA) is 43.3 Å². The van der Waals surface area contributed by atoms with Crippen molar-refractivity contribution in [1.82, 2.24) is 9.38 Å². The molecule has 3 nitrogen and oxygen atoms in total. The number of thiazole rings is 1. The molecule has 0 fully saturated rings. The van der Waals surface area contributed by atoms with Gasteiger partial charge in [0.1, 0.15) is 0 Å². The van der Waals surface area contributed by atoms with Crippen LogP contribution >= 0.6 is 11.3 Å². The molecule has 3 rings (SSSR count). The summed E-state index contributed by atoms with van der Waals surface area (Å²) in [4.78, 5) is 5.65. The van der Waals surface area contributed by atoms with Crippen LogP contribution in [0.4, 0.5) is 0 Å². The highest BCUT2D eigenvalue weighted by atomic mass is 32.1. The molecule has 1 unspecified atom stereocenters. The summed E-state index contributed by atoms with van der Waals surface area (Å²) in [5.41, 5.74) is 8.91. The molecule has 1 atom stereocenters. The summed E-state index contributed by atoms with van der Waals surface area (Å²) in [6.07, 6.45) is 13.6. The third kappa shape index (κ3) is 2.65. The molecule has 0 spiro atoms. The normalized spacial score (nSPS) is 17.9. The van der Waals surface area contributed by atoms with Crippen LogP contribution in [0.3, 0.4) is 0 Å². The van der Waals surface area contributed by atoms with Gasteiger partial charge >= 0.3 is 0 Å². The number of hydrogen-bond donors (Lipinski definition) is 1. The van der Waals surface area contributed by atoms with Crippen molar-refractivity contribution in [3.8, 4) is 0 Å². The molecule has 0 amide bonds. The van der Waals surface area contributed by atoms with Gasteiger partial charge in [-0.2, -0.15) is 0 Å². The molecule has 2 aromatic rings. The molecule has 0 saturated heterocycles. The van der Waals surface area contributed by atoms with Gasteiger partial charge in [-0.05, 0) is 32.1 Å². The quantitative estimate of drug-likeness (QED) is 0.859. The maximum atomic E-state index is 6.24. The Labute approximate surface area is 111 Å². The molecule has 4 heteroatoms. The zero-order valence-electron chi connectivity index (χ0n) is 10.5. The van der Waals surface area contributed by atoms with Gasteiger partial charge in [-0.25, -0.2) is 4.98 Å². The van der Waals surface area contributed by atoms with Gasteiger partial charge in [-0.3, -0.25) is 4.40 Å². The standard InChI is InChI=1S/C14H19N3S/c15-12(8-11-4-2-1-3-5-11)9-13-10-17-6-7-18-14(17)16-13/h4,6-7,10,12H,1-3,5,8-9,15H2. The number of rotatable bonds is 4. The van der Waals surface area contributed by atoms with E-state index in [9.17, 15) is 0 Å². The highest BCUT2D eigenvalue weighted by Gasteiger charge is 2.12. The number of hydrogen-bond acceptors (Lipinski definition) is 3. The average molecular weight is 261 g/mol. The number of imidazole rings is 1. The first kappa shape index (κ1) is 11.9. The molecule has 0 saturated carbocycles. The van der Waals surface area contributed by atoms with Gasteiger partial charge in [0.05, 0.1) is 5.69 Å². The van der Waals surface area contributed by atoms with Gasteiger partial charge in [0.15, 0.2) is 4.96 Å². The second kappa shape index (κ2) is 5.24. The fourth-order valence-electron chi connectivity index (χ4n) is 2.64. The number of nitrogens with two attached hydrogens (primary N) is 1. The van der Waals surface area contributed by atoms with Crippen molar-refractivity contribution < 1.29 is 0 Å². The highest BCUT2D eigenvalue weighted by molar-refractivity contribution is 7.15. The molecule has 0 radical (unpaired) electrons. The van der Waals surface area contributed by atoms with Gasteiger partial charge in [0.2, 0.25) is 0 Å². The van der Waals surface area contributed by atoms with E-state index in [0.29, 0.717) is 0 Å². The summed E-state index contributed by atoms with van der Waals surface area (Å²) in [6.45, 7) is 0. The zero-order chi connectivity index (χ0) is 12.4. The van der Waals surface area contributed by atoms with Gasteiger partial charge in [0, 0.05) is 30.2 Å². The largest absolute Gasteiger partial charge is 0.327 e. The van der Waals surface area contributed by atoms with Crippen molar-refractivity contribution >= 4 is 16.3 Å². The van der Waals surface area contributed by atoms with E-state index in [1.54, 1.807) is 16.9 Å². The minimum absolute atomic E-state index is 0.207. The Morgan fingerprint density at radius 3 is 3.11 bits per heavy atom. The summed E-state index contributed by atoms with van der Waals surface area (Å²) in [6, 6.07) is 0.207. The van der Waals surface area contributed by atoms with Crippen LogP contribution in [0.1, 0.15) is 37.8 Å². The van der Waals surface area contributed by atoms with Crippen LogP contribution in [0.5, 0.6) is 0 Å². The Balaban J connectivity index is 1.61. The summed E-state index contributed by atoms with van der Waals surface area (Å²) in [5, 5.41) is 2.05. The smallest absolute Gasteiger partial charge is 0.193 e. The summed E-state index contributed by atoms with van der Waals surface area (Å²) in [5.74, 6) is 0. The Morgan fingerprint density at radius 2 is 2.33 bits per heavy atom. The maximum Gasteiger partial charge on any atom is 0.193 e. The molecule has 1 aliphatic rings. The lowest BCUT2D eigenvalue weighted by Gasteiger charge is -2.16. The van der Waals surface area contributed by atoms with Crippen molar-refractivity contribution in [3.05, 3.63) is 35.1 Å². The van der Waals surface area contributed by atoms with E-state index >= 15 is 0 Å². The first-order chi connectivity index (χ1) is 8.81. The molecule has 18 heavy (non-hydrogen) atoms. The van der Waals surface area contributed by atoms with E-state index in [1.165, 1.54) is 25.7 Å². The maximum absolute atomic E-state index is 6.24. The Hall–Kier alpha value is -1.13. The van der Waals surface area contributed by atoms with Crippen LogP contribution < -0.4 is 5.73 Å². The number of fused-ring (bicyclic) bond motifs is 1. The lowest BCUT2D eigenvalue weighted by atomic mass is 9.93. The van der Waals surface area contributed by atoms with Crippen LogP contribution in [-0.4, -0.2) is 15.4 Å². The summed E-state index contributed by atoms with van der Waals surface area (Å²) < 4.78 is 2.08. The fraction of sp³-hybridized carbons (Fsp3) is 0.500. The molecule has 0 bridgehead atoms. The van der Waals surface area contributed by atoms with Crippen LogP contribution in [0, 0.1) is 0 Å². The highest BCUT2D eigenvalue weighted by Crippen LogP contribution is 2.22. The van der Waals surface area contributed by atoms with Crippen molar-refractivity contribution in [2.75, 3.05) is 0 Å². The van der Waals surface area contributed by atoms with E-state index in [2.05, 4.69) is 27.0 Å². The minimum Gasteiger partial charge on any atom is -0.327 e. The van der Waals surface area contributed by atoms with Crippen molar-refractivity contribution in [1.29, 1.82) is 0 Å². The molecule has 2 aromatic heterocycles. The number of aromatic nitrogens is 2. The SMILES string of the molecule is NC(CC1=CCCCC1)Cc1cn2ccsc2n1. The Morgan fingerprint density at radius 1 is 1.39 bits per heavy atom. The summed E-state index contributed by atoms with van der Waals surface area (Å²) in [7, 11) is 0.